The number of aliphatic hydroxyl groups excluding tert-OH is 1. The summed E-state index contributed by atoms with van der Waals surface area (Å²) in [7, 11) is 0. The second-order valence-electron chi connectivity index (χ2n) is 7.34. The summed E-state index contributed by atoms with van der Waals surface area (Å²) in [5.41, 5.74) is 2.19. The van der Waals surface area contributed by atoms with Crippen LogP contribution in [0.2, 0.25) is 10.0 Å². The lowest BCUT2D eigenvalue weighted by atomic mass is 10.1. The molecule has 1 amide bonds. The molecule has 3 aromatic carbocycles. The molecule has 0 aliphatic carbocycles. The molecule has 0 saturated carbocycles. The number of carbonyl (C=O) groups is 1. The Bertz CT molecular complexity index is 1340. The maximum atomic E-state index is 13.0. The molecule has 0 fully saturated rings. The maximum absolute atomic E-state index is 13.0. The number of rotatable bonds is 6. The molecule has 0 aliphatic rings. The van der Waals surface area contributed by atoms with Gasteiger partial charge in [0.25, 0.3) is 5.56 Å². The van der Waals surface area contributed by atoms with Gasteiger partial charge >= 0.3 is 0 Å². The first kappa shape index (κ1) is 22.0. The van der Waals surface area contributed by atoms with Crippen molar-refractivity contribution in [3.63, 3.8) is 0 Å². The van der Waals surface area contributed by atoms with Gasteiger partial charge in [0, 0.05) is 5.69 Å². The molecule has 4 rings (SSSR count). The minimum absolute atomic E-state index is 0.101. The number of amides is 1. The van der Waals surface area contributed by atoms with E-state index < -0.39 is 6.10 Å². The molecule has 4 aromatic rings. The van der Waals surface area contributed by atoms with Crippen LogP contribution in [0.1, 0.15) is 23.7 Å². The van der Waals surface area contributed by atoms with E-state index in [1.54, 1.807) is 60.7 Å². The number of halogens is 2. The van der Waals surface area contributed by atoms with E-state index in [0.717, 1.165) is 5.56 Å². The van der Waals surface area contributed by atoms with Crippen molar-refractivity contribution >= 4 is 45.7 Å². The number of carbonyl (C=O) groups excluding carboxylic acids is 1. The van der Waals surface area contributed by atoms with Crippen LogP contribution in [0.25, 0.3) is 10.9 Å². The molecule has 0 bridgehead atoms. The van der Waals surface area contributed by atoms with Gasteiger partial charge in [-0.15, -0.1) is 0 Å². The van der Waals surface area contributed by atoms with E-state index in [0.29, 0.717) is 32.2 Å². The Labute approximate surface area is 194 Å². The highest BCUT2D eigenvalue weighted by molar-refractivity contribution is 6.42. The van der Waals surface area contributed by atoms with E-state index >= 15 is 0 Å². The highest BCUT2D eigenvalue weighted by atomic mass is 35.5. The zero-order valence-corrected chi connectivity index (χ0v) is 18.3. The highest BCUT2D eigenvalue weighted by Gasteiger charge is 2.14. The monoisotopic (exact) mass is 467 g/mol. The molecular weight excluding hydrogens is 449 g/mol. The topological polar surface area (TPSA) is 84.2 Å². The summed E-state index contributed by atoms with van der Waals surface area (Å²) in [6.07, 6.45) is 0.458. The van der Waals surface area contributed by atoms with Crippen molar-refractivity contribution < 1.29 is 9.90 Å². The van der Waals surface area contributed by atoms with Crippen molar-refractivity contribution in [2.45, 2.75) is 19.1 Å². The van der Waals surface area contributed by atoms with Gasteiger partial charge in [-0.25, -0.2) is 4.98 Å². The van der Waals surface area contributed by atoms with Crippen LogP contribution < -0.4 is 10.9 Å². The fraction of sp³-hybridized carbons (Fsp3) is 0.125. The van der Waals surface area contributed by atoms with Gasteiger partial charge in [-0.05, 0) is 41.5 Å². The van der Waals surface area contributed by atoms with Crippen molar-refractivity contribution in [2.75, 3.05) is 5.32 Å². The summed E-state index contributed by atoms with van der Waals surface area (Å²) >= 11 is 12.0. The molecule has 1 unspecified atom stereocenters. The van der Waals surface area contributed by atoms with Gasteiger partial charge in [-0.2, -0.15) is 0 Å². The first-order chi connectivity index (χ1) is 15.4. The zero-order valence-electron chi connectivity index (χ0n) is 16.8. The number of hydrogen-bond donors (Lipinski definition) is 2. The van der Waals surface area contributed by atoms with Gasteiger partial charge in [-0.1, -0.05) is 59.6 Å². The Morgan fingerprint density at radius 3 is 2.56 bits per heavy atom. The Hall–Kier alpha value is -3.19. The molecule has 1 aromatic heterocycles. The van der Waals surface area contributed by atoms with Crippen LogP contribution in [0, 0.1) is 0 Å². The van der Waals surface area contributed by atoms with Gasteiger partial charge in [0.05, 0.1) is 46.3 Å². The van der Waals surface area contributed by atoms with E-state index in [1.807, 2.05) is 6.07 Å². The van der Waals surface area contributed by atoms with E-state index in [2.05, 4.69) is 10.3 Å². The molecule has 6 nitrogen and oxygen atoms in total. The zero-order chi connectivity index (χ0) is 22.7. The molecule has 162 valence electrons. The number of nitrogens with zero attached hydrogens (tertiary/aromatic N) is 2. The number of nitrogens with one attached hydrogen (secondary N) is 1. The van der Waals surface area contributed by atoms with E-state index in [9.17, 15) is 14.7 Å². The van der Waals surface area contributed by atoms with Gasteiger partial charge in [0.15, 0.2) is 0 Å². The molecule has 1 heterocycles. The molecule has 0 radical (unpaired) electrons. The van der Waals surface area contributed by atoms with Crippen molar-refractivity contribution in [1.82, 2.24) is 9.55 Å². The minimum Gasteiger partial charge on any atom is -0.388 e. The van der Waals surface area contributed by atoms with Crippen LogP contribution >= 0.6 is 23.2 Å². The second kappa shape index (κ2) is 9.53. The molecule has 32 heavy (non-hydrogen) atoms. The third kappa shape index (κ3) is 4.99. The lowest BCUT2D eigenvalue weighted by Crippen LogP contribution is -2.21. The molecule has 8 heteroatoms. The second-order valence-corrected chi connectivity index (χ2v) is 8.15. The quantitative estimate of drug-likeness (QED) is 0.425. The van der Waals surface area contributed by atoms with Crippen LogP contribution in [0.15, 0.2) is 77.9 Å². The first-order valence-corrected chi connectivity index (χ1v) is 10.6. The van der Waals surface area contributed by atoms with Crippen LogP contribution in [0.3, 0.4) is 0 Å². The highest BCUT2D eigenvalue weighted by Crippen LogP contribution is 2.23. The predicted octanol–water partition coefficient (Wildman–Crippen LogP) is 4.81. The number of aromatic nitrogens is 2. The summed E-state index contributed by atoms with van der Waals surface area (Å²) in [5.74, 6) is -0.360. The van der Waals surface area contributed by atoms with Gasteiger partial charge in [-0.3, -0.25) is 14.2 Å². The number of hydrogen-bond acceptors (Lipinski definition) is 4. The van der Waals surface area contributed by atoms with Crippen LogP contribution in [0.4, 0.5) is 5.69 Å². The summed E-state index contributed by atoms with van der Waals surface area (Å²) in [6.45, 7) is 0.276. The summed E-state index contributed by atoms with van der Waals surface area (Å²) in [5, 5.41) is 14.2. The molecule has 0 saturated heterocycles. The fourth-order valence-electron chi connectivity index (χ4n) is 3.36. The largest absolute Gasteiger partial charge is 0.388 e. The molecular formula is C24H19Cl2N3O3. The van der Waals surface area contributed by atoms with Gasteiger partial charge < -0.3 is 10.4 Å². The number of anilines is 1. The smallest absolute Gasteiger partial charge is 0.261 e. The Morgan fingerprint density at radius 1 is 1.03 bits per heavy atom. The average molecular weight is 468 g/mol. The fourth-order valence-corrected chi connectivity index (χ4v) is 3.69. The maximum Gasteiger partial charge on any atom is 0.261 e. The standard InChI is InChI=1S/C24H19Cl2N3O3/c25-19-8-6-15(10-20(19)26)13-29-14-27-21-9-7-17(11-18(21)24(29)32)28-23(31)12-22(30)16-4-2-1-3-5-16/h1-11,14,22,30H,12-13H2,(H,28,31). The number of benzene rings is 3. The summed E-state index contributed by atoms with van der Waals surface area (Å²) in [6, 6.07) is 19.1. The first-order valence-electron chi connectivity index (χ1n) is 9.87. The normalized spacial score (nSPS) is 12.0. The Balaban J connectivity index is 1.53. The molecule has 1 atom stereocenters. The predicted molar refractivity (Wildman–Crippen MR) is 126 cm³/mol. The van der Waals surface area contributed by atoms with Crippen LogP contribution in [-0.2, 0) is 11.3 Å². The van der Waals surface area contributed by atoms with Crippen molar-refractivity contribution in [3.05, 3.63) is 105 Å². The van der Waals surface area contributed by atoms with Gasteiger partial charge in [0.2, 0.25) is 5.91 Å². The van der Waals surface area contributed by atoms with E-state index in [1.165, 1.54) is 10.9 Å². The lowest BCUT2D eigenvalue weighted by molar-refractivity contribution is -0.118. The number of aliphatic hydroxyl groups is 1. The summed E-state index contributed by atoms with van der Waals surface area (Å²) < 4.78 is 1.46. The van der Waals surface area contributed by atoms with Crippen LogP contribution in [0.5, 0.6) is 0 Å². The van der Waals surface area contributed by atoms with Crippen molar-refractivity contribution in [2.24, 2.45) is 0 Å². The number of fused-ring (bicyclic) bond motifs is 1. The molecule has 0 aliphatic heterocycles. The Kier molecular flexibility index (Phi) is 6.55. The third-order valence-electron chi connectivity index (χ3n) is 5.01. The van der Waals surface area contributed by atoms with Gasteiger partial charge in [0.1, 0.15) is 0 Å². The summed E-state index contributed by atoms with van der Waals surface area (Å²) in [4.78, 5) is 29.7. The van der Waals surface area contributed by atoms with Crippen molar-refractivity contribution in [3.8, 4) is 0 Å². The molecule has 0 spiro atoms. The Morgan fingerprint density at radius 2 is 1.81 bits per heavy atom. The van der Waals surface area contributed by atoms with E-state index in [4.69, 9.17) is 23.2 Å². The van der Waals surface area contributed by atoms with Crippen LogP contribution in [-0.4, -0.2) is 20.6 Å². The van der Waals surface area contributed by atoms with E-state index in [-0.39, 0.29) is 24.4 Å². The average Bonchev–Trinajstić information content (AvgIpc) is 2.79. The third-order valence-corrected chi connectivity index (χ3v) is 5.75. The minimum atomic E-state index is -0.915. The molecule has 2 N–H and O–H groups in total. The SMILES string of the molecule is O=C(CC(O)c1ccccc1)Nc1ccc2ncn(Cc3ccc(Cl)c(Cl)c3)c(=O)c2c1. The van der Waals surface area contributed by atoms with Crippen molar-refractivity contribution in [1.29, 1.82) is 0 Å². The lowest BCUT2D eigenvalue weighted by Gasteiger charge is -2.12.